The Morgan fingerprint density at radius 3 is 2.25 bits per heavy atom. The number of hydrogen-bond donors (Lipinski definition) is 0. The molecule has 0 aliphatic carbocycles. The van der Waals surface area contributed by atoms with Crippen molar-refractivity contribution in [1.82, 2.24) is 4.90 Å². The number of rotatable bonds is 11. The molecule has 5 heteroatoms. The third-order valence-electron chi connectivity index (χ3n) is 2.96. The van der Waals surface area contributed by atoms with E-state index in [1.54, 1.807) is 17.9 Å². The summed E-state index contributed by atoms with van der Waals surface area (Å²) in [6.07, 6.45) is 2.61. The molecule has 0 spiro atoms. The van der Waals surface area contributed by atoms with Crippen LogP contribution in [0.4, 0.5) is 0 Å². The van der Waals surface area contributed by atoms with Crippen molar-refractivity contribution in [3.63, 3.8) is 0 Å². The molecule has 0 saturated carbocycles. The van der Waals surface area contributed by atoms with E-state index >= 15 is 0 Å². The highest BCUT2D eigenvalue weighted by Crippen LogP contribution is 2.16. The first-order valence-electron chi connectivity index (χ1n) is 7.23. The summed E-state index contributed by atoms with van der Waals surface area (Å²) in [5.74, 6) is -0.0129. The molecular weight excluding hydrogens is 270 g/mol. The van der Waals surface area contributed by atoms with E-state index in [-0.39, 0.29) is 5.91 Å². The van der Waals surface area contributed by atoms with Crippen LogP contribution in [0.15, 0.2) is 24.8 Å². The standard InChI is InChI=1S/C15H29NO3Si/c1-7-11-16(15(17)14(4)5)12-10-13-20(6,18-8-2)19-9-3/h7H,1,4,8-13H2,2-3,5-6H3. The third-order valence-corrected chi connectivity index (χ3v) is 6.02. The molecule has 4 nitrogen and oxygen atoms in total. The molecule has 1 amide bonds. The van der Waals surface area contributed by atoms with E-state index in [1.165, 1.54) is 0 Å². The molecule has 0 aromatic rings. The summed E-state index contributed by atoms with van der Waals surface area (Å²) in [5.41, 5.74) is 0.557. The van der Waals surface area contributed by atoms with Gasteiger partial charge in [-0.1, -0.05) is 12.7 Å². The van der Waals surface area contributed by atoms with Gasteiger partial charge in [-0.05, 0) is 39.8 Å². The van der Waals surface area contributed by atoms with Crippen molar-refractivity contribution in [2.24, 2.45) is 0 Å². The molecule has 0 rings (SSSR count). The van der Waals surface area contributed by atoms with Gasteiger partial charge in [-0.2, -0.15) is 0 Å². The third kappa shape index (κ3) is 7.03. The average molecular weight is 299 g/mol. The Balaban J connectivity index is 4.43. The average Bonchev–Trinajstić information content (AvgIpc) is 2.37. The first kappa shape index (κ1) is 19.1. The molecule has 0 bridgehead atoms. The topological polar surface area (TPSA) is 38.8 Å². The molecule has 0 N–H and O–H groups in total. The number of carbonyl (C=O) groups excluding carboxylic acids is 1. The van der Waals surface area contributed by atoms with Crippen LogP contribution in [0.5, 0.6) is 0 Å². The van der Waals surface area contributed by atoms with Crippen molar-refractivity contribution in [2.75, 3.05) is 26.3 Å². The minimum atomic E-state index is -2.09. The van der Waals surface area contributed by atoms with Gasteiger partial charge in [0.15, 0.2) is 0 Å². The van der Waals surface area contributed by atoms with Crippen molar-refractivity contribution >= 4 is 14.5 Å². The van der Waals surface area contributed by atoms with Crippen molar-refractivity contribution in [2.45, 2.75) is 39.8 Å². The maximum Gasteiger partial charge on any atom is 0.334 e. The Bertz CT molecular complexity index is 325. The van der Waals surface area contributed by atoms with Gasteiger partial charge < -0.3 is 13.8 Å². The summed E-state index contributed by atoms with van der Waals surface area (Å²) in [6.45, 7) is 17.8. The predicted octanol–water partition coefficient (Wildman–Crippen LogP) is 3.11. The first-order chi connectivity index (χ1) is 9.40. The fourth-order valence-electron chi connectivity index (χ4n) is 2.09. The van der Waals surface area contributed by atoms with Gasteiger partial charge >= 0.3 is 8.56 Å². The summed E-state index contributed by atoms with van der Waals surface area (Å²) in [5, 5.41) is 0. The Morgan fingerprint density at radius 1 is 1.30 bits per heavy atom. The lowest BCUT2D eigenvalue weighted by Crippen LogP contribution is -2.40. The second kappa shape index (κ2) is 9.91. The van der Waals surface area contributed by atoms with Crippen LogP contribution in [0.1, 0.15) is 27.2 Å². The van der Waals surface area contributed by atoms with Gasteiger partial charge in [-0.3, -0.25) is 4.79 Å². The fraction of sp³-hybridized carbons (Fsp3) is 0.667. The van der Waals surface area contributed by atoms with E-state index in [9.17, 15) is 4.79 Å². The van der Waals surface area contributed by atoms with Gasteiger partial charge in [0.05, 0.1) is 0 Å². The zero-order valence-corrected chi connectivity index (χ0v) is 14.4. The van der Waals surface area contributed by atoms with Crippen LogP contribution in [-0.2, 0) is 13.6 Å². The summed E-state index contributed by atoms with van der Waals surface area (Å²) < 4.78 is 11.6. The van der Waals surface area contributed by atoms with Gasteiger partial charge in [0.25, 0.3) is 0 Å². The number of nitrogens with zero attached hydrogens (tertiary/aromatic N) is 1. The van der Waals surface area contributed by atoms with E-state index in [2.05, 4.69) is 19.7 Å². The minimum absolute atomic E-state index is 0.0129. The molecule has 116 valence electrons. The molecule has 0 fully saturated rings. The van der Waals surface area contributed by atoms with Crippen LogP contribution in [-0.4, -0.2) is 45.7 Å². The Kier molecular flexibility index (Phi) is 9.46. The highest BCUT2D eigenvalue weighted by atomic mass is 28.4. The molecule has 0 saturated heterocycles. The van der Waals surface area contributed by atoms with E-state index in [0.717, 1.165) is 12.5 Å². The number of amides is 1. The van der Waals surface area contributed by atoms with Gasteiger partial charge in [0.1, 0.15) is 0 Å². The van der Waals surface area contributed by atoms with Gasteiger partial charge in [0, 0.05) is 31.9 Å². The second-order valence-corrected chi connectivity index (χ2v) is 8.27. The van der Waals surface area contributed by atoms with Crippen molar-refractivity contribution in [3.8, 4) is 0 Å². The normalized spacial score (nSPS) is 11.2. The molecule has 0 aliphatic rings. The number of carbonyl (C=O) groups is 1. The molecule has 0 aliphatic heterocycles. The smallest absolute Gasteiger partial charge is 0.334 e. The number of hydrogen-bond acceptors (Lipinski definition) is 3. The van der Waals surface area contributed by atoms with Crippen molar-refractivity contribution in [3.05, 3.63) is 24.8 Å². The lowest BCUT2D eigenvalue weighted by atomic mass is 10.3. The largest absolute Gasteiger partial charge is 0.395 e. The highest BCUT2D eigenvalue weighted by Gasteiger charge is 2.30. The predicted molar refractivity (Wildman–Crippen MR) is 85.9 cm³/mol. The Morgan fingerprint density at radius 2 is 1.85 bits per heavy atom. The first-order valence-corrected chi connectivity index (χ1v) is 9.76. The monoisotopic (exact) mass is 299 g/mol. The molecular formula is C15H29NO3Si. The summed E-state index contributed by atoms with van der Waals surface area (Å²) >= 11 is 0. The van der Waals surface area contributed by atoms with E-state index in [4.69, 9.17) is 8.85 Å². The van der Waals surface area contributed by atoms with Gasteiger partial charge in [-0.25, -0.2) is 0 Å². The highest BCUT2D eigenvalue weighted by molar-refractivity contribution is 6.66. The maximum atomic E-state index is 12.0. The molecule has 20 heavy (non-hydrogen) atoms. The molecule has 0 heterocycles. The zero-order valence-electron chi connectivity index (χ0n) is 13.4. The van der Waals surface area contributed by atoms with Gasteiger partial charge in [0.2, 0.25) is 5.91 Å². The van der Waals surface area contributed by atoms with Crippen LogP contribution >= 0.6 is 0 Å². The van der Waals surface area contributed by atoms with Crippen molar-refractivity contribution in [1.29, 1.82) is 0 Å². The SMILES string of the molecule is C=CCN(CCC[Si](C)(OCC)OCC)C(=O)C(=C)C. The molecule has 0 unspecified atom stereocenters. The van der Waals surface area contributed by atoms with Crippen LogP contribution in [0.2, 0.25) is 12.6 Å². The van der Waals surface area contributed by atoms with Crippen LogP contribution in [0.25, 0.3) is 0 Å². The fourth-order valence-corrected chi connectivity index (χ4v) is 4.48. The Labute approximate surface area is 124 Å². The van der Waals surface area contributed by atoms with E-state index < -0.39 is 8.56 Å². The van der Waals surface area contributed by atoms with E-state index in [0.29, 0.717) is 31.9 Å². The minimum Gasteiger partial charge on any atom is -0.395 e. The lowest BCUT2D eigenvalue weighted by molar-refractivity contribution is -0.126. The molecule has 0 atom stereocenters. The lowest BCUT2D eigenvalue weighted by Gasteiger charge is -2.27. The Hall–Kier alpha value is -0.913. The summed E-state index contributed by atoms with van der Waals surface area (Å²) in [6, 6.07) is 0.881. The van der Waals surface area contributed by atoms with Crippen LogP contribution < -0.4 is 0 Å². The van der Waals surface area contributed by atoms with E-state index in [1.807, 2.05) is 13.8 Å². The quantitative estimate of drug-likeness (QED) is 0.334. The van der Waals surface area contributed by atoms with Crippen LogP contribution in [0, 0.1) is 0 Å². The van der Waals surface area contributed by atoms with Gasteiger partial charge in [-0.15, -0.1) is 6.58 Å². The zero-order chi connectivity index (χ0) is 15.6. The van der Waals surface area contributed by atoms with Crippen LogP contribution in [0.3, 0.4) is 0 Å². The maximum absolute atomic E-state index is 12.0. The summed E-state index contributed by atoms with van der Waals surface area (Å²) in [7, 11) is -2.09. The van der Waals surface area contributed by atoms with Crippen molar-refractivity contribution < 1.29 is 13.6 Å². The summed E-state index contributed by atoms with van der Waals surface area (Å²) in [4.78, 5) is 13.7. The molecule has 0 radical (unpaired) electrons. The molecule has 0 aromatic carbocycles. The molecule has 0 aromatic heterocycles. The second-order valence-electron chi connectivity index (χ2n) is 4.92.